The topological polar surface area (TPSA) is 99.8 Å². The normalized spacial score (nSPS) is 15.9. The number of carbonyl (C=O) groups excluding carboxylic acids is 1. The molecule has 9 nitrogen and oxygen atoms in total. The number of benzene rings is 1. The Balaban J connectivity index is 1.40. The van der Waals surface area contributed by atoms with E-state index in [1.54, 1.807) is 17.2 Å². The smallest absolute Gasteiger partial charge is 0.321 e. The van der Waals surface area contributed by atoms with Gasteiger partial charge in [-0.1, -0.05) is 0 Å². The highest BCUT2D eigenvalue weighted by Gasteiger charge is 2.24. The van der Waals surface area contributed by atoms with E-state index in [0.29, 0.717) is 49.2 Å². The summed E-state index contributed by atoms with van der Waals surface area (Å²) in [4.78, 5) is 34.7. The largest absolute Gasteiger partial charge is 0.454 e. The van der Waals surface area contributed by atoms with Gasteiger partial charge in [-0.15, -0.1) is 0 Å². The number of nitrogens with zero attached hydrogens (tertiary/aromatic N) is 3. The number of aromatic amines is 1. The summed E-state index contributed by atoms with van der Waals surface area (Å²) >= 11 is 0. The number of piperazine rings is 1. The summed E-state index contributed by atoms with van der Waals surface area (Å²) in [7, 11) is 0. The number of ether oxygens (including phenoxy) is 2. The molecule has 26 heavy (non-hydrogen) atoms. The van der Waals surface area contributed by atoms with Crippen LogP contribution in [0.4, 0.5) is 16.3 Å². The first kappa shape index (κ1) is 16.2. The molecule has 3 heterocycles. The molecule has 0 bridgehead atoms. The van der Waals surface area contributed by atoms with E-state index in [1.807, 2.05) is 17.9 Å². The van der Waals surface area contributed by atoms with Gasteiger partial charge < -0.3 is 29.6 Å². The highest BCUT2D eigenvalue weighted by Crippen LogP contribution is 2.36. The number of amides is 2. The third-order valence-electron chi connectivity index (χ3n) is 4.52. The van der Waals surface area contributed by atoms with Gasteiger partial charge in [-0.2, -0.15) is 0 Å². The van der Waals surface area contributed by atoms with Crippen LogP contribution in [0.2, 0.25) is 0 Å². The standard InChI is InChI=1S/C17H19N5O4/c1-11-8-13-14(26-10-25-13)9-12(11)20-17(24)22-6-4-21(5-7-22)15-16(23)19-3-2-18-15/h2-3,8-9H,4-7,10H2,1H3,(H,19,23)(H,20,24). The molecule has 4 rings (SSSR count). The molecule has 1 aromatic carbocycles. The van der Waals surface area contributed by atoms with Crippen LogP contribution in [0.3, 0.4) is 0 Å². The van der Waals surface area contributed by atoms with E-state index in [0.717, 1.165) is 5.56 Å². The summed E-state index contributed by atoms with van der Waals surface area (Å²) in [6, 6.07) is 3.45. The molecule has 0 saturated carbocycles. The molecule has 1 aromatic heterocycles. The molecule has 0 aliphatic carbocycles. The van der Waals surface area contributed by atoms with Crippen LogP contribution in [0.15, 0.2) is 29.3 Å². The number of rotatable bonds is 2. The summed E-state index contributed by atoms with van der Waals surface area (Å²) in [5.74, 6) is 1.71. The second-order valence-electron chi connectivity index (χ2n) is 6.17. The van der Waals surface area contributed by atoms with Gasteiger partial charge in [0, 0.05) is 50.3 Å². The Labute approximate surface area is 149 Å². The van der Waals surface area contributed by atoms with Crippen molar-refractivity contribution in [1.82, 2.24) is 14.9 Å². The number of urea groups is 1. The summed E-state index contributed by atoms with van der Waals surface area (Å²) in [6.07, 6.45) is 3.06. The van der Waals surface area contributed by atoms with E-state index >= 15 is 0 Å². The van der Waals surface area contributed by atoms with Crippen LogP contribution in [0.1, 0.15) is 5.56 Å². The molecule has 0 atom stereocenters. The molecule has 0 radical (unpaired) electrons. The van der Waals surface area contributed by atoms with Crippen LogP contribution < -0.4 is 25.2 Å². The number of hydrogen-bond donors (Lipinski definition) is 2. The predicted molar refractivity (Wildman–Crippen MR) is 95.0 cm³/mol. The van der Waals surface area contributed by atoms with Gasteiger partial charge in [0.25, 0.3) is 5.56 Å². The first-order valence-corrected chi connectivity index (χ1v) is 8.36. The zero-order chi connectivity index (χ0) is 18.1. The Bertz CT molecular complexity index is 889. The lowest BCUT2D eigenvalue weighted by atomic mass is 10.2. The monoisotopic (exact) mass is 357 g/mol. The third-order valence-corrected chi connectivity index (χ3v) is 4.52. The summed E-state index contributed by atoms with van der Waals surface area (Å²) in [6.45, 7) is 4.21. The number of anilines is 2. The van der Waals surface area contributed by atoms with Crippen LogP contribution >= 0.6 is 0 Å². The fraction of sp³-hybridized carbons (Fsp3) is 0.353. The van der Waals surface area contributed by atoms with Crippen molar-refractivity contribution in [2.45, 2.75) is 6.92 Å². The molecule has 9 heteroatoms. The minimum Gasteiger partial charge on any atom is -0.454 e. The Hall–Kier alpha value is -3.23. The molecule has 2 aliphatic heterocycles. The number of aryl methyl sites for hydroxylation is 1. The fourth-order valence-electron chi connectivity index (χ4n) is 3.06. The average Bonchev–Trinajstić information content (AvgIpc) is 3.09. The van der Waals surface area contributed by atoms with Crippen LogP contribution in [-0.2, 0) is 0 Å². The molecule has 0 unspecified atom stereocenters. The highest BCUT2D eigenvalue weighted by molar-refractivity contribution is 5.91. The van der Waals surface area contributed by atoms with Gasteiger partial charge in [-0.05, 0) is 18.6 Å². The Morgan fingerprint density at radius 3 is 2.65 bits per heavy atom. The molecule has 2 N–H and O–H groups in total. The van der Waals surface area contributed by atoms with Crippen LogP contribution in [0, 0.1) is 6.92 Å². The van der Waals surface area contributed by atoms with Gasteiger partial charge in [0.1, 0.15) is 0 Å². The van der Waals surface area contributed by atoms with Crippen molar-refractivity contribution in [2.24, 2.45) is 0 Å². The quantitative estimate of drug-likeness (QED) is 0.837. The summed E-state index contributed by atoms with van der Waals surface area (Å²) < 4.78 is 10.7. The highest BCUT2D eigenvalue weighted by atomic mass is 16.7. The molecule has 2 aromatic rings. The van der Waals surface area contributed by atoms with E-state index < -0.39 is 0 Å². The van der Waals surface area contributed by atoms with Gasteiger partial charge in [0.05, 0.1) is 0 Å². The summed E-state index contributed by atoms with van der Waals surface area (Å²) in [5, 5.41) is 2.93. The number of hydrogen-bond acceptors (Lipinski definition) is 6. The first-order chi connectivity index (χ1) is 12.6. The number of fused-ring (bicyclic) bond motifs is 1. The maximum Gasteiger partial charge on any atom is 0.321 e. The van der Waals surface area contributed by atoms with Gasteiger partial charge >= 0.3 is 6.03 Å². The van der Waals surface area contributed by atoms with Crippen molar-refractivity contribution >= 4 is 17.5 Å². The fourth-order valence-corrected chi connectivity index (χ4v) is 3.06. The molecule has 2 amide bonds. The van der Waals surface area contributed by atoms with Crippen LogP contribution in [0.25, 0.3) is 0 Å². The van der Waals surface area contributed by atoms with Crippen molar-refractivity contribution in [1.29, 1.82) is 0 Å². The zero-order valence-electron chi connectivity index (χ0n) is 14.3. The maximum atomic E-state index is 12.6. The lowest BCUT2D eigenvalue weighted by molar-refractivity contribution is 0.174. The molecule has 136 valence electrons. The van der Waals surface area contributed by atoms with E-state index in [4.69, 9.17) is 9.47 Å². The predicted octanol–water partition coefficient (Wildman–Crippen LogP) is 1.16. The number of aromatic nitrogens is 2. The Morgan fingerprint density at radius 2 is 1.92 bits per heavy atom. The summed E-state index contributed by atoms with van der Waals surface area (Å²) in [5.41, 5.74) is 1.38. The molecular weight excluding hydrogens is 338 g/mol. The van der Waals surface area contributed by atoms with Gasteiger partial charge in [0.2, 0.25) is 6.79 Å². The van der Waals surface area contributed by atoms with Crippen LogP contribution in [-0.4, -0.2) is 53.9 Å². The molecule has 1 fully saturated rings. The SMILES string of the molecule is Cc1cc2c(cc1NC(=O)N1CCN(c3ncc[nH]c3=O)CC1)OCO2. The van der Waals surface area contributed by atoms with Crippen molar-refractivity contribution in [3.05, 3.63) is 40.4 Å². The number of nitrogens with one attached hydrogen (secondary N) is 2. The van der Waals surface area contributed by atoms with Gasteiger partial charge in [-0.25, -0.2) is 9.78 Å². The number of carbonyl (C=O) groups is 1. The second-order valence-corrected chi connectivity index (χ2v) is 6.17. The van der Waals surface area contributed by atoms with Crippen molar-refractivity contribution in [3.8, 4) is 11.5 Å². The van der Waals surface area contributed by atoms with E-state index in [9.17, 15) is 9.59 Å². The first-order valence-electron chi connectivity index (χ1n) is 8.36. The maximum absolute atomic E-state index is 12.6. The Morgan fingerprint density at radius 1 is 1.19 bits per heavy atom. The van der Waals surface area contributed by atoms with Gasteiger partial charge in [0.15, 0.2) is 17.3 Å². The zero-order valence-corrected chi connectivity index (χ0v) is 14.3. The van der Waals surface area contributed by atoms with E-state index in [-0.39, 0.29) is 18.4 Å². The van der Waals surface area contributed by atoms with E-state index in [1.165, 1.54) is 6.20 Å². The van der Waals surface area contributed by atoms with Crippen molar-refractivity contribution in [2.75, 3.05) is 43.2 Å². The Kier molecular flexibility index (Phi) is 4.11. The average molecular weight is 357 g/mol. The lowest BCUT2D eigenvalue weighted by Crippen LogP contribution is -2.51. The molecule has 2 aliphatic rings. The molecular formula is C17H19N5O4. The van der Waals surface area contributed by atoms with Crippen molar-refractivity contribution in [3.63, 3.8) is 0 Å². The minimum atomic E-state index is -0.221. The minimum absolute atomic E-state index is 0.179. The van der Waals surface area contributed by atoms with Gasteiger partial charge in [-0.3, -0.25) is 4.79 Å². The number of H-pyrrole nitrogens is 1. The van der Waals surface area contributed by atoms with Crippen LogP contribution in [0.5, 0.6) is 11.5 Å². The lowest BCUT2D eigenvalue weighted by Gasteiger charge is -2.34. The molecule has 1 saturated heterocycles. The van der Waals surface area contributed by atoms with E-state index in [2.05, 4.69) is 15.3 Å². The molecule has 0 spiro atoms. The third kappa shape index (κ3) is 3.03. The van der Waals surface area contributed by atoms with Crippen molar-refractivity contribution < 1.29 is 14.3 Å². The second kappa shape index (κ2) is 6.58.